The number of aromatic carboxylic acids is 1. The second kappa shape index (κ2) is 4.18. The van der Waals surface area contributed by atoms with Crippen LogP contribution in [0.2, 0.25) is 5.02 Å². The van der Waals surface area contributed by atoms with Gasteiger partial charge in [0.05, 0.1) is 16.3 Å². The Morgan fingerprint density at radius 2 is 2.29 bits per heavy atom. The number of carboxylic acid groups (broad SMARTS) is 1. The van der Waals surface area contributed by atoms with Crippen molar-refractivity contribution in [3.63, 3.8) is 0 Å². The van der Waals surface area contributed by atoms with Crippen molar-refractivity contribution in [1.29, 1.82) is 0 Å². The monoisotopic (exact) mass is 254 g/mol. The number of halogens is 2. The summed E-state index contributed by atoms with van der Waals surface area (Å²) >= 11 is 5.64. The third-order valence-electron chi connectivity index (χ3n) is 2.41. The van der Waals surface area contributed by atoms with Gasteiger partial charge in [-0.1, -0.05) is 11.6 Å². The van der Waals surface area contributed by atoms with E-state index in [9.17, 15) is 9.18 Å². The van der Waals surface area contributed by atoms with Gasteiger partial charge >= 0.3 is 5.97 Å². The van der Waals surface area contributed by atoms with Crippen LogP contribution >= 0.6 is 11.6 Å². The average molecular weight is 255 g/mol. The summed E-state index contributed by atoms with van der Waals surface area (Å²) in [7, 11) is 0. The molecular formula is C11H8ClFN2O2. The smallest absolute Gasteiger partial charge is 0.337 e. The van der Waals surface area contributed by atoms with Gasteiger partial charge in [0.15, 0.2) is 0 Å². The first kappa shape index (κ1) is 11.6. The Kier molecular flexibility index (Phi) is 2.85. The first-order valence-electron chi connectivity index (χ1n) is 4.74. The molecule has 0 unspecified atom stereocenters. The fraction of sp³-hybridized carbons (Fsp3) is 0.0909. The molecule has 0 saturated heterocycles. The molecule has 1 aromatic carbocycles. The lowest BCUT2D eigenvalue weighted by Gasteiger charge is -2.10. The number of aromatic nitrogens is 2. The summed E-state index contributed by atoms with van der Waals surface area (Å²) in [6.07, 6.45) is 3.12. The summed E-state index contributed by atoms with van der Waals surface area (Å²) in [5.41, 5.74) is 0.332. The Morgan fingerprint density at radius 3 is 2.82 bits per heavy atom. The van der Waals surface area contributed by atoms with Gasteiger partial charge in [-0.3, -0.25) is 0 Å². The Hall–Kier alpha value is -1.88. The molecule has 4 nitrogen and oxygen atoms in total. The predicted molar refractivity (Wildman–Crippen MR) is 60.2 cm³/mol. The zero-order valence-electron chi connectivity index (χ0n) is 8.82. The number of hydrogen-bond donors (Lipinski definition) is 1. The fourth-order valence-corrected chi connectivity index (χ4v) is 1.79. The molecule has 17 heavy (non-hydrogen) atoms. The molecule has 6 heteroatoms. The molecule has 0 atom stereocenters. The minimum Gasteiger partial charge on any atom is -0.478 e. The van der Waals surface area contributed by atoms with E-state index < -0.39 is 11.8 Å². The van der Waals surface area contributed by atoms with Gasteiger partial charge in [0, 0.05) is 18.0 Å². The maximum Gasteiger partial charge on any atom is 0.337 e. The SMILES string of the molecule is Cc1c(-n2cccn2)cc(C(=O)O)c(Cl)c1F. The van der Waals surface area contributed by atoms with Gasteiger partial charge in [-0.15, -0.1) is 0 Å². The number of hydrogen-bond acceptors (Lipinski definition) is 2. The second-order valence-electron chi connectivity index (χ2n) is 3.45. The first-order chi connectivity index (χ1) is 8.02. The minimum atomic E-state index is -1.28. The Bertz CT molecular complexity index is 582. The topological polar surface area (TPSA) is 55.1 Å². The molecule has 1 aromatic heterocycles. The van der Waals surface area contributed by atoms with E-state index in [1.807, 2.05) is 0 Å². The van der Waals surface area contributed by atoms with E-state index in [1.54, 1.807) is 12.3 Å². The lowest BCUT2D eigenvalue weighted by atomic mass is 10.1. The molecule has 0 aliphatic rings. The molecule has 1 N–H and O–H groups in total. The summed E-state index contributed by atoms with van der Waals surface area (Å²) < 4.78 is 15.2. The van der Waals surface area contributed by atoms with Crippen molar-refractivity contribution in [1.82, 2.24) is 9.78 Å². The van der Waals surface area contributed by atoms with Crippen LogP contribution in [0.1, 0.15) is 15.9 Å². The van der Waals surface area contributed by atoms with Crippen LogP contribution in [-0.2, 0) is 0 Å². The molecule has 0 amide bonds. The largest absolute Gasteiger partial charge is 0.478 e. The van der Waals surface area contributed by atoms with E-state index in [-0.39, 0.29) is 16.1 Å². The average Bonchev–Trinajstić information content (AvgIpc) is 2.79. The van der Waals surface area contributed by atoms with Crippen molar-refractivity contribution >= 4 is 17.6 Å². The molecule has 0 aliphatic heterocycles. The lowest BCUT2D eigenvalue weighted by molar-refractivity contribution is 0.0696. The van der Waals surface area contributed by atoms with Crippen LogP contribution in [0.3, 0.4) is 0 Å². The van der Waals surface area contributed by atoms with Gasteiger partial charge < -0.3 is 5.11 Å². The summed E-state index contributed by atoms with van der Waals surface area (Å²) in [6.45, 7) is 1.52. The van der Waals surface area contributed by atoms with Crippen LogP contribution in [0.15, 0.2) is 24.5 Å². The van der Waals surface area contributed by atoms with E-state index in [0.29, 0.717) is 5.69 Å². The van der Waals surface area contributed by atoms with E-state index in [0.717, 1.165) is 0 Å². The van der Waals surface area contributed by atoms with Gasteiger partial charge in [-0.2, -0.15) is 5.10 Å². The van der Waals surface area contributed by atoms with Crippen LogP contribution in [0.5, 0.6) is 0 Å². The summed E-state index contributed by atoms with van der Waals surface area (Å²) in [5.74, 6) is -2.01. The molecule has 1 heterocycles. The van der Waals surface area contributed by atoms with E-state index in [1.165, 1.54) is 23.9 Å². The molecule has 0 aliphatic carbocycles. The number of benzene rings is 1. The van der Waals surface area contributed by atoms with Crippen LogP contribution < -0.4 is 0 Å². The van der Waals surface area contributed by atoms with Crippen molar-refractivity contribution in [3.8, 4) is 5.69 Å². The maximum absolute atomic E-state index is 13.8. The van der Waals surface area contributed by atoms with Crippen LogP contribution in [-0.4, -0.2) is 20.9 Å². The highest BCUT2D eigenvalue weighted by Crippen LogP contribution is 2.27. The lowest BCUT2D eigenvalue weighted by Crippen LogP contribution is -2.06. The van der Waals surface area contributed by atoms with Crippen molar-refractivity contribution < 1.29 is 14.3 Å². The fourth-order valence-electron chi connectivity index (χ4n) is 1.51. The van der Waals surface area contributed by atoms with Gasteiger partial charge in [-0.25, -0.2) is 13.9 Å². The summed E-state index contributed by atoms with van der Waals surface area (Å²) in [6, 6.07) is 2.96. The number of rotatable bonds is 2. The van der Waals surface area contributed by atoms with E-state index >= 15 is 0 Å². The normalized spacial score (nSPS) is 10.5. The van der Waals surface area contributed by atoms with Crippen molar-refractivity contribution in [2.45, 2.75) is 6.92 Å². The molecule has 0 radical (unpaired) electrons. The molecule has 2 rings (SSSR count). The van der Waals surface area contributed by atoms with Crippen molar-refractivity contribution in [3.05, 3.63) is 46.5 Å². The number of nitrogens with zero attached hydrogens (tertiary/aromatic N) is 2. The third-order valence-corrected chi connectivity index (χ3v) is 2.77. The summed E-state index contributed by atoms with van der Waals surface area (Å²) in [5, 5.41) is 12.5. The van der Waals surface area contributed by atoms with Crippen LogP contribution in [0.25, 0.3) is 5.69 Å². The Balaban J connectivity index is 2.73. The minimum absolute atomic E-state index is 0.253. The summed E-state index contributed by atoms with van der Waals surface area (Å²) in [4.78, 5) is 10.9. The first-order valence-corrected chi connectivity index (χ1v) is 5.12. The van der Waals surface area contributed by atoms with Gasteiger partial charge in [0.1, 0.15) is 5.82 Å². The number of carboxylic acids is 1. The molecule has 0 spiro atoms. The van der Waals surface area contributed by atoms with E-state index in [4.69, 9.17) is 16.7 Å². The third kappa shape index (κ3) is 1.89. The highest BCUT2D eigenvalue weighted by Gasteiger charge is 2.19. The number of carbonyl (C=O) groups is 1. The molecule has 2 aromatic rings. The highest BCUT2D eigenvalue weighted by atomic mass is 35.5. The highest BCUT2D eigenvalue weighted by molar-refractivity contribution is 6.33. The molecule has 0 bridgehead atoms. The van der Waals surface area contributed by atoms with Crippen molar-refractivity contribution in [2.24, 2.45) is 0 Å². The Labute approximate surface area is 101 Å². The van der Waals surface area contributed by atoms with Gasteiger partial charge in [0.2, 0.25) is 0 Å². The standard InChI is InChI=1S/C11H8ClFN2O2/c1-6-8(15-4-2-3-14-15)5-7(11(16)17)9(12)10(6)13/h2-5H,1H3,(H,16,17). The zero-order valence-corrected chi connectivity index (χ0v) is 9.57. The van der Waals surface area contributed by atoms with Crippen LogP contribution in [0.4, 0.5) is 4.39 Å². The van der Waals surface area contributed by atoms with Crippen molar-refractivity contribution in [2.75, 3.05) is 0 Å². The quantitative estimate of drug-likeness (QED) is 0.896. The second-order valence-corrected chi connectivity index (χ2v) is 3.83. The molecular weight excluding hydrogens is 247 g/mol. The predicted octanol–water partition coefficient (Wildman–Crippen LogP) is 2.67. The zero-order chi connectivity index (χ0) is 12.6. The molecule has 0 fully saturated rings. The Morgan fingerprint density at radius 1 is 1.59 bits per heavy atom. The maximum atomic E-state index is 13.8. The van der Waals surface area contributed by atoms with Crippen LogP contribution in [0, 0.1) is 12.7 Å². The molecule has 0 saturated carbocycles. The van der Waals surface area contributed by atoms with Gasteiger partial charge in [0.25, 0.3) is 0 Å². The van der Waals surface area contributed by atoms with Gasteiger partial charge in [-0.05, 0) is 19.1 Å². The van der Waals surface area contributed by atoms with E-state index in [2.05, 4.69) is 5.10 Å². The molecule has 88 valence electrons.